The third-order valence-electron chi connectivity index (χ3n) is 4.47. The van der Waals surface area contributed by atoms with E-state index >= 15 is 0 Å². The number of hydrogen-bond donors (Lipinski definition) is 1. The maximum absolute atomic E-state index is 12.6. The standard InChI is InChI=1S/C21H24BNO4/c1-12-10-15-8-6-7-9-16(15)19(18(12)21(4,5)11-17(22)25)27-20(26)13(2)23-14(3)24/h6-10,13H,11H2,1-5H3,(H,23,24). The second-order valence-electron chi connectivity index (χ2n) is 7.49. The van der Waals surface area contributed by atoms with Crippen molar-refractivity contribution in [3.8, 4) is 5.75 Å². The van der Waals surface area contributed by atoms with Crippen LogP contribution in [0.4, 0.5) is 0 Å². The Morgan fingerprint density at radius 3 is 2.44 bits per heavy atom. The molecule has 2 radical (unpaired) electrons. The first-order valence-corrected chi connectivity index (χ1v) is 8.83. The topological polar surface area (TPSA) is 72.5 Å². The summed E-state index contributed by atoms with van der Waals surface area (Å²) in [5.41, 5.74) is 0.585. The molecule has 0 aliphatic carbocycles. The molecule has 0 heterocycles. The van der Waals surface area contributed by atoms with E-state index in [4.69, 9.17) is 12.6 Å². The van der Waals surface area contributed by atoms with E-state index in [1.165, 1.54) is 6.92 Å². The fourth-order valence-corrected chi connectivity index (χ4v) is 3.47. The van der Waals surface area contributed by atoms with Crippen LogP contribution in [0.3, 0.4) is 0 Å². The Morgan fingerprint density at radius 2 is 1.85 bits per heavy atom. The smallest absolute Gasteiger partial charge is 0.333 e. The van der Waals surface area contributed by atoms with E-state index in [2.05, 4.69) is 5.32 Å². The van der Waals surface area contributed by atoms with Crippen LogP contribution in [0.2, 0.25) is 0 Å². The van der Waals surface area contributed by atoms with Crippen molar-refractivity contribution < 1.29 is 19.1 Å². The number of carbonyl (C=O) groups excluding carboxylic acids is 3. The van der Waals surface area contributed by atoms with Crippen LogP contribution in [-0.2, 0) is 19.8 Å². The Hall–Kier alpha value is -2.63. The van der Waals surface area contributed by atoms with E-state index in [0.29, 0.717) is 5.75 Å². The highest BCUT2D eigenvalue weighted by Gasteiger charge is 2.31. The molecule has 0 saturated heterocycles. The molecular weight excluding hydrogens is 341 g/mol. The molecule has 1 unspecified atom stereocenters. The highest BCUT2D eigenvalue weighted by Crippen LogP contribution is 2.42. The maximum atomic E-state index is 12.6. The predicted octanol–water partition coefficient (Wildman–Crippen LogP) is 2.94. The summed E-state index contributed by atoms with van der Waals surface area (Å²) in [6.07, 6.45) is 0.109. The minimum Gasteiger partial charge on any atom is -0.424 e. The maximum Gasteiger partial charge on any atom is 0.333 e. The molecular formula is C21H24BNO4. The van der Waals surface area contributed by atoms with Crippen LogP contribution < -0.4 is 10.1 Å². The Kier molecular flexibility index (Phi) is 6.09. The Balaban J connectivity index is 2.63. The normalized spacial score (nSPS) is 12.5. The molecule has 6 heteroatoms. The van der Waals surface area contributed by atoms with Gasteiger partial charge in [0.05, 0.1) is 5.68 Å². The first kappa shape index (κ1) is 20.7. The van der Waals surface area contributed by atoms with Crippen molar-refractivity contribution >= 4 is 36.2 Å². The molecule has 0 fully saturated rings. The highest BCUT2D eigenvalue weighted by atomic mass is 16.5. The van der Waals surface area contributed by atoms with Gasteiger partial charge in [0.25, 0.3) is 0 Å². The summed E-state index contributed by atoms with van der Waals surface area (Å²) < 4.78 is 5.76. The molecule has 2 rings (SSSR count). The second kappa shape index (κ2) is 7.95. The molecule has 1 amide bonds. The average Bonchev–Trinajstić information content (AvgIpc) is 2.52. The van der Waals surface area contributed by atoms with Crippen LogP contribution in [0.1, 0.15) is 45.2 Å². The zero-order valence-corrected chi connectivity index (χ0v) is 16.4. The van der Waals surface area contributed by atoms with E-state index in [1.807, 2.05) is 51.1 Å². The zero-order valence-electron chi connectivity index (χ0n) is 16.4. The van der Waals surface area contributed by atoms with Gasteiger partial charge in [0.1, 0.15) is 11.8 Å². The lowest BCUT2D eigenvalue weighted by atomic mass is 9.74. The third kappa shape index (κ3) is 4.76. The quantitative estimate of drug-likeness (QED) is 0.485. The van der Waals surface area contributed by atoms with Crippen molar-refractivity contribution in [2.75, 3.05) is 0 Å². The van der Waals surface area contributed by atoms with Gasteiger partial charge in [-0.2, -0.15) is 0 Å². The van der Waals surface area contributed by atoms with Gasteiger partial charge in [-0.05, 0) is 30.2 Å². The number of esters is 1. The lowest BCUT2D eigenvalue weighted by Crippen LogP contribution is -2.40. The van der Waals surface area contributed by atoms with E-state index in [0.717, 1.165) is 21.9 Å². The number of carbonyl (C=O) groups is 3. The number of amides is 1. The minimum atomic E-state index is -0.797. The third-order valence-corrected chi connectivity index (χ3v) is 4.47. The molecule has 0 saturated carbocycles. The van der Waals surface area contributed by atoms with Gasteiger partial charge in [-0.3, -0.25) is 4.79 Å². The summed E-state index contributed by atoms with van der Waals surface area (Å²) in [6.45, 7) is 8.61. The van der Waals surface area contributed by atoms with Gasteiger partial charge in [0.15, 0.2) is 7.85 Å². The number of ether oxygens (including phenoxy) is 1. The summed E-state index contributed by atoms with van der Waals surface area (Å²) in [5, 5.41) is 4.21. The monoisotopic (exact) mass is 365 g/mol. The first-order valence-electron chi connectivity index (χ1n) is 8.83. The predicted molar refractivity (Wildman–Crippen MR) is 106 cm³/mol. The van der Waals surface area contributed by atoms with E-state index < -0.39 is 23.1 Å². The number of nitrogens with one attached hydrogen (secondary N) is 1. The van der Waals surface area contributed by atoms with Crippen molar-refractivity contribution in [3.63, 3.8) is 0 Å². The molecule has 2 aromatic rings. The van der Waals surface area contributed by atoms with Crippen LogP contribution in [0.15, 0.2) is 30.3 Å². The molecule has 0 aromatic heterocycles. The molecule has 27 heavy (non-hydrogen) atoms. The summed E-state index contributed by atoms with van der Waals surface area (Å²) in [7, 11) is 5.44. The van der Waals surface area contributed by atoms with E-state index in [-0.39, 0.29) is 12.3 Å². The molecule has 0 aliphatic rings. The number of hydrogen-bond acceptors (Lipinski definition) is 4. The van der Waals surface area contributed by atoms with Gasteiger partial charge in [-0.25, -0.2) is 4.79 Å². The van der Waals surface area contributed by atoms with Crippen molar-refractivity contribution in [1.29, 1.82) is 0 Å². The molecule has 1 N–H and O–H groups in total. The van der Waals surface area contributed by atoms with Crippen molar-refractivity contribution in [1.82, 2.24) is 5.32 Å². The summed E-state index contributed by atoms with van der Waals surface area (Å²) >= 11 is 0. The van der Waals surface area contributed by atoms with Crippen LogP contribution >= 0.6 is 0 Å². The Bertz CT molecular complexity index is 904. The average molecular weight is 365 g/mol. The fourth-order valence-electron chi connectivity index (χ4n) is 3.47. The Labute approximate surface area is 160 Å². The largest absolute Gasteiger partial charge is 0.424 e. The number of aryl methyl sites for hydroxylation is 1. The van der Waals surface area contributed by atoms with E-state index in [9.17, 15) is 14.4 Å². The van der Waals surface area contributed by atoms with Gasteiger partial charge in [0.2, 0.25) is 5.91 Å². The number of benzene rings is 2. The van der Waals surface area contributed by atoms with Gasteiger partial charge in [-0.1, -0.05) is 44.2 Å². The molecule has 0 spiro atoms. The van der Waals surface area contributed by atoms with Crippen LogP contribution in [-0.4, -0.2) is 31.4 Å². The van der Waals surface area contributed by atoms with Crippen LogP contribution in [0, 0.1) is 6.92 Å². The van der Waals surface area contributed by atoms with E-state index in [1.54, 1.807) is 6.92 Å². The summed E-state index contributed by atoms with van der Waals surface area (Å²) in [5.74, 6) is -0.487. The van der Waals surface area contributed by atoms with Crippen molar-refractivity contribution in [3.05, 3.63) is 41.5 Å². The van der Waals surface area contributed by atoms with Gasteiger partial charge in [-0.15, -0.1) is 0 Å². The van der Waals surface area contributed by atoms with Crippen LogP contribution in [0.25, 0.3) is 10.8 Å². The second-order valence-corrected chi connectivity index (χ2v) is 7.49. The summed E-state index contributed by atoms with van der Waals surface area (Å²) in [4.78, 5) is 35.4. The van der Waals surface area contributed by atoms with Gasteiger partial charge >= 0.3 is 5.97 Å². The van der Waals surface area contributed by atoms with Crippen LogP contribution in [0.5, 0.6) is 5.75 Å². The molecule has 1 atom stereocenters. The lowest BCUT2D eigenvalue weighted by molar-refractivity contribution is -0.138. The highest BCUT2D eigenvalue weighted by molar-refractivity contribution is 6.57. The fraction of sp³-hybridized carbons (Fsp3) is 0.381. The van der Waals surface area contributed by atoms with Crippen molar-refractivity contribution in [2.24, 2.45) is 0 Å². The molecule has 2 aromatic carbocycles. The molecule has 5 nitrogen and oxygen atoms in total. The molecule has 0 aliphatic heterocycles. The molecule has 140 valence electrons. The lowest BCUT2D eigenvalue weighted by Gasteiger charge is -2.29. The van der Waals surface area contributed by atoms with Gasteiger partial charge < -0.3 is 14.8 Å². The minimum absolute atomic E-state index is 0.109. The van der Waals surface area contributed by atoms with Crippen molar-refractivity contribution in [2.45, 2.75) is 52.5 Å². The first-order chi connectivity index (χ1) is 12.5. The number of rotatable bonds is 6. The zero-order chi connectivity index (χ0) is 20.4. The number of fused-ring (bicyclic) bond motifs is 1. The van der Waals surface area contributed by atoms with Gasteiger partial charge in [0, 0.05) is 24.3 Å². The molecule has 0 bridgehead atoms. The Morgan fingerprint density at radius 1 is 1.22 bits per heavy atom. The SMILES string of the molecule is [B]C(=O)CC(C)(C)c1c(C)cc2ccccc2c1OC(=O)C(C)NC(C)=O. The summed E-state index contributed by atoms with van der Waals surface area (Å²) in [6, 6.07) is 8.76.